The Bertz CT molecular complexity index is 468. The van der Waals surface area contributed by atoms with E-state index in [2.05, 4.69) is 22.9 Å². The molecule has 1 heterocycles. The maximum absolute atomic E-state index is 13.2. The topological polar surface area (TPSA) is 20.3 Å². The average molecular weight is 335 g/mol. The van der Waals surface area contributed by atoms with Gasteiger partial charge in [0.25, 0.3) is 5.91 Å². The van der Waals surface area contributed by atoms with Crippen molar-refractivity contribution in [2.75, 3.05) is 12.4 Å². The molecule has 0 aliphatic carbocycles. The first kappa shape index (κ1) is 13.8. The van der Waals surface area contributed by atoms with Gasteiger partial charge in [-0.15, -0.1) is 11.6 Å². The Labute approximate surface area is 119 Å². The fourth-order valence-electron chi connectivity index (χ4n) is 2.31. The minimum atomic E-state index is -0.406. The summed E-state index contributed by atoms with van der Waals surface area (Å²) >= 11 is 9.21. The smallest absolute Gasteiger partial charge is 0.255 e. The maximum Gasteiger partial charge on any atom is 0.255 e. The third kappa shape index (κ3) is 2.54. The zero-order valence-electron chi connectivity index (χ0n) is 10.00. The van der Waals surface area contributed by atoms with Gasteiger partial charge in [0.15, 0.2) is 0 Å². The number of carbonyl (C=O) groups excluding carboxylic acids is 1. The minimum Gasteiger partial charge on any atom is -0.334 e. The van der Waals surface area contributed by atoms with Gasteiger partial charge in [-0.3, -0.25) is 4.79 Å². The van der Waals surface area contributed by atoms with Crippen LogP contribution in [0.3, 0.4) is 0 Å². The second-order valence-electron chi connectivity index (χ2n) is 4.61. The molecule has 1 aliphatic rings. The van der Waals surface area contributed by atoms with Crippen molar-refractivity contribution in [3.63, 3.8) is 0 Å². The van der Waals surface area contributed by atoms with E-state index in [-0.39, 0.29) is 11.9 Å². The monoisotopic (exact) mass is 333 g/mol. The lowest BCUT2D eigenvalue weighted by Crippen LogP contribution is -2.38. The van der Waals surface area contributed by atoms with Gasteiger partial charge in [0.1, 0.15) is 5.82 Å². The summed E-state index contributed by atoms with van der Waals surface area (Å²) in [5.74, 6) is 0.242. The Balaban J connectivity index is 2.28. The fourth-order valence-corrected chi connectivity index (χ4v) is 3.20. The van der Waals surface area contributed by atoms with Crippen molar-refractivity contribution in [1.29, 1.82) is 0 Å². The summed E-state index contributed by atoms with van der Waals surface area (Å²) in [7, 11) is 0. The molecule has 2 nitrogen and oxygen atoms in total. The van der Waals surface area contributed by atoms with E-state index >= 15 is 0 Å². The predicted molar refractivity (Wildman–Crippen MR) is 73.4 cm³/mol. The number of hydrogen-bond donors (Lipinski definition) is 0. The lowest BCUT2D eigenvalue weighted by Gasteiger charge is -2.25. The van der Waals surface area contributed by atoms with Crippen molar-refractivity contribution < 1.29 is 9.18 Å². The molecule has 1 aromatic rings. The summed E-state index contributed by atoms with van der Waals surface area (Å²) in [4.78, 5) is 14.2. The van der Waals surface area contributed by atoms with Crippen molar-refractivity contribution in [1.82, 2.24) is 4.90 Å². The van der Waals surface area contributed by atoms with Crippen molar-refractivity contribution >= 4 is 33.4 Å². The number of rotatable bonds is 2. The van der Waals surface area contributed by atoms with Crippen LogP contribution in [0, 0.1) is 11.7 Å². The largest absolute Gasteiger partial charge is 0.334 e. The number of halogens is 3. The van der Waals surface area contributed by atoms with E-state index in [0.29, 0.717) is 28.4 Å². The summed E-state index contributed by atoms with van der Waals surface area (Å²) < 4.78 is 13.8. The molecule has 1 amide bonds. The number of hydrogen-bond acceptors (Lipinski definition) is 1. The first-order chi connectivity index (χ1) is 8.54. The molecule has 98 valence electrons. The number of benzene rings is 1. The molecular formula is C13H14BrClFNO. The molecule has 0 spiro atoms. The molecule has 1 aromatic carbocycles. The number of nitrogens with zero attached hydrogens (tertiary/aromatic N) is 1. The second kappa shape index (κ2) is 5.57. The molecule has 0 N–H and O–H groups in total. The highest BCUT2D eigenvalue weighted by Crippen LogP contribution is 2.28. The van der Waals surface area contributed by atoms with Gasteiger partial charge in [-0.1, -0.05) is 6.92 Å². The zero-order chi connectivity index (χ0) is 13.3. The van der Waals surface area contributed by atoms with E-state index < -0.39 is 5.82 Å². The van der Waals surface area contributed by atoms with E-state index in [0.717, 1.165) is 6.42 Å². The molecule has 1 fully saturated rings. The van der Waals surface area contributed by atoms with E-state index in [9.17, 15) is 9.18 Å². The fraction of sp³-hybridized carbons (Fsp3) is 0.462. The molecular weight excluding hydrogens is 321 g/mol. The molecule has 0 radical (unpaired) electrons. The van der Waals surface area contributed by atoms with Gasteiger partial charge in [0.05, 0.1) is 5.56 Å². The Kier molecular flexibility index (Phi) is 4.28. The number of carbonyl (C=O) groups is 1. The molecule has 1 aliphatic heterocycles. The van der Waals surface area contributed by atoms with Crippen LogP contribution in [-0.4, -0.2) is 29.3 Å². The van der Waals surface area contributed by atoms with Gasteiger partial charge in [0, 0.05) is 22.9 Å². The third-order valence-electron chi connectivity index (χ3n) is 3.46. The zero-order valence-corrected chi connectivity index (χ0v) is 12.3. The maximum atomic E-state index is 13.2. The van der Waals surface area contributed by atoms with E-state index in [1.54, 1.807) is 11.0 Å². The predicted octanol–water partition coefficient (Wildman–Crippen LogP) is 3.68. The van der Waals surface area contributed by atoms with Crippen LogP contribution in [0.4, 0.5) is 4.39 Å². The van der Waals surface area contributed by atoms with Crippen molar-refractivity contribution in [3.05, 3.63) is 34.1 Å². The molecule has 0 aromatic heterocycles. The summed E-state index contributed by atoms with van der Waals surface area (Å²) in [5.41, 5.74) is 0.360. The van der Waals surface area contributed by atoms with Gasteiger partial charge in [-0.2, -0.15) is 0 Å². The number of alkyl halides is 1. The Morgan fingerprint density at radius 1 is 1.61 bits per heavy atom. The summed E-state index contributed by atoms with van der Waals surface area (Å²) in [5, 5.41) is 0. The lowest BCUT2D eigenvalue weighted by molar-refractivity contribution is 0.0735. The van der Waals surface area contributed by atoms with Crippen LogP contribution in [0.2, 0.25) is 0 Å². The minimum absolute atomic E-state index is 0.0364. The van der Waals surface area contributed by atoms with Crippen molar-refractivity contribution in [2.45, 2.75) is 19.4 Å². The highest BCUT2D eigenvalue weighted by atomic mass is 79.9. The van der Waals surface area contributed by atoms with Crippen molar-refractivity contribution in [2.24, 2.45) is 5.92 Å². The standard InChI is InChI=1S/C13H14BrClFNO/c1-8-4-5-17(12(8)7-15)13(18)10-6-9(16)2-3-11(10)14/h2-3,6,8,12H,4-5,7H2,1H3. The van der Waals surface area contributed by atoms with Crippen LogP contribution in [-0.2, 0) is 0 Å². The van der Waals surface area contributed by atoms with Crippen LogP contribution in [0.1, 0.15) is 23.7 Å². The molecule has 18 heavy (non-hydrogen) atoms. The van der Waals surface area contributed by atoms with E-state index in [4.69, 9.17) is 11.6 Å². The second-order valence-corrected chi connectivity index (χ2v) is 5.77. The Morgan fingerprint density at radius 2 is 2.33 bits per heavy atom. The molecule has 2 unspecified atom stereocenters. The molecule has 2 atom stereocenters. The summed E-state index contributed by atoms with van der Waals surface area (Å²) in [6, 6.07) is 4.18. The molecule has 0 saturated carbocycles. The van der Waals surface area contributed by atoms with Gasteiger partial charge in [-0.25, -0.2) is 4.39 Å². The Morgan fingerprint density at radius 3 is 3.00 bits per heavy atom. The molecule has 2 rings (SSSR count). The normalized spacial score (nSPS) is 23.4. The summed E-state index contributed by atoms with van der Waals surface area (Å²) in [6.07, 6.45) is 0.941. The summed E-state index contributed by atoms with van der Waals surface area (Å²) in [6.45, 7) is 2.77. The average Bonchev–Trinajstić information content (AvgIpc) is 2.72. The molecule has 5 heteroatoms. The molecule has 0 bridgehead atoms. The highest BCUT2D eigenvalue weighted by Gasteiger charge is 2.34. The number of likely N-dealkylation sites (tertiary alicyclic amines) is 1. The van der Waals surface area contributed by atoms with Crippen LogP contribution < -0.4 is 0 Å². The van der Waals surface area contributed by atoms with Crippen LogP contribution in [0.5, 0.6) is 0 Å². The molecule has 1 saturated heterocycles. The van der Waals surface area contributed by atoms with Gasteiger partial charge in [0.2, 0.25) is 0 Å². The van der Waals surface area contributed by atoms with Crippen molar-refractivity contribution in [3.8, 4) is 0 Å². The van der Waals surface area contributed by atoms with Gasteiger partial charge in [-0.05, 0) is 46.5 Å². The lowest BCUT2D eigenvalue weighted by atomic mass is 10.0. The highest BCUT2D eigenvalue weighted by molar-refractivity contribution is 9.10. The Hall–Kier alpha value is -0.610. The van der Waals surface area contributed by atoms with Crippen LogP contribution >= 0.6 is 27.5 Å². The quantitative estimate of drug-likeness (QED) is 0.756. The van der Waals surface area contributed by atoms with Crippen LogP contribution in [0.25, 0.3) is 0 Å². The SMILES string of the molecule is CC1CCN(C(=O)c2cc(F)ccc2Br)C1CCl. The van der Waals surface area contributed by atoms with Crippen LogP contribution in [0.15, 0.2) is 22.7 Å². The first-order valence-corrected chi connectivity index (χ1v) is 7.19. The van der Waals surface area contributed by atoms with E-state index in [1.165, 1.54) is 12.1 Å². The van der Waals surface area contributed by atoms with Gasteiger partial charge < -0.3 is 4.90 Å². The van der Waals surface area contributed by atoms with Gasteiger partial charge >= 0.3 is 0 Å². The van der Waals surface area contributed by atoms with E-state index in [1.807, 2.05) is 0 Å². The first-order valence-electron chi connectivity index (χ1n) is 5.86. The third-order valence-corrected chi connectivity index (χ3v) is 4.47. The number of amides is 1.